The predicted octanol–water partition coefficient (Wildman–Crippen LogP) is 15.4. The molecule has 0 radical (unpaired) electrons. The van der Waals surface area contributed by atoms with Crippen LogP contribution in [0.4, 0.5) is 0 Å². The molecule has 0 amide bonds. The van der Waals surface area contributed by atoms with E-state index in [0.717, 1.165) is 0 Å². The van der Waals surface area contributed by atoms with Gasteiger partial charge in [-0.15, -0.1) is 22.7 Å². The molecule has 0 atom stereocenters. The number of hydrogen-bond acceptors (Lipinski definition) is 2. The molecule has 4 heteroatoms. The summed E-state index contributed by atoms with van der Waals surface area (Å²) in [5.41, 5.74) is 2.59. The number of nitrogens with zero attached hydrogens (tertiary/aromatic N) is 2. The van der Waals surface area contributed by atoms with Crippen LogP contribution < -0.4 is 0 Å². The van der Waals surface area contributed by atoms with E-state index in [2.05, 4.69) is 108 Å². The van der Waals surface area contributed by atoms with Crippen LogP contribution in [0.3, 0.4) is 0 Å². The minimum absolute atomic E-state index is 1.21. The van der Waals surface area contributed by atoms with E-state index in [1.54, 1.807) is 0 Å². The maximum Gasteiger partial charge on any atom is 0.0997 e. The van der Waals surface area contributed by atoms with Gasteiger partial charge in [0.1, 0.15) is 0 Å². The number of aromatic nitrogens is 2. The van der Waals surface area contributed by atoms with Crippen LogP contribution in [-0.2, 0) is 12.8 Å². The Kier molecular flexibility index (Phi) is 12.1. The molecule has 0 saturated carbocycles. The summed E-state index contributed by atoms with van der Waals surface area (Å²) in [6.07, 6.45) is 29.0. The SMILES string of the molecule is CCCCCCCCCCc1ccc(-n2ccc3c4ccc5c(ccc6c5ccn6-c5ccc(CCCCCCCCCC)s5)c4ccc32)s1. The van der Waals surface area contributed by atoms with Crippen molar-refractivity contribution < 1.29 is 0 Å². The Morgan fingerprint density at radius 3 is 1.14 bits per heavy atom. The van der Waals surface area contributed by atoms with Gasteiger partial charge in [0.25, 0.3) is 0 Å². The standard InChI is InChI=1S/C46H56N2S2/c1-3-5-7-9-11-13-15-17-19-35-21-29-45(49-35)47-33-31-41-39-23-24-40-38(37(39)25-27-43(41)47)26-28-44-42(40)32-34-48(44)46-30-22-36(50-46)20-18-16-14-12-10-8-6-4-2/h21-34H,3-20H2,1-2H3. The van der Waals surface area contributed by atoms with Gasteiger partial charge in [0.15, 0.2) is 0 Å². The van der Waals surface area contributed by atoms with Gasteiger partial charge in [0.2, 0.25) is 0 Å². The molecule has 0 saturated heterocycles. The highest BCUT2D eigenvalue weighted by Gasteiger charge is 2.14. The number of unbranched alkanes of at least 4 members (excludes halogenated alkanes) is 14. The van der Waals surface area contributed by atoms with Gasteiger partial charge in [0, 0.05) is 32.9 Å². The van der Waals surface area contributed by atoms with Crippen LogP contribution in [0.5, 0.6) is 0 Å². The molecule has 0 aliphatic rings. The molecule has 7 aromatic rings. The van der Waals surface area contributed by atoms with Gasteiger partial charge in [-0.2, -0.15) is 0 Å². The first kappa shape index (κ1) is 35.1. The second-order valence-electron chi connectivity index (χ2n) is 14.6. The lowest BCUT2D eigenvalue weighted by Crippen LogP contribution is -1.89. The zero-order chi connectivity index (χ0) is 34.1. The van der Waals surface area contributed by atoms with Gasteiger partial charge in [-0.05, 0) is 95.8 Å². The topological polar surface area (TPSA) is 9.86 Å². The molecule has 50 heavy (non-hydrogen) atoms. The number of rotatable bonds is 20. The minimum atomic E-state index is 1.21. The van der Waals surface area contributed by atoms with E-state index in [1.807, 2.05) is 22.7 Å². The van der Waals surface area contributed by atoms with E-state index in [4.69, 9.17) is 0 Å². The lowest BCUT2D eigenvalue weighted by Gasteiger charge is -2.09. The molecular weight excluding hydrogens is 645 g/mol. The third-order valence-corrected chi connectivity index (χ3v) is 13.1. The summed E-state index contributed by atoms with van der Waals surface area (Å²) in [5.74, 6) is 0. The largest absolute Gasteiger partial charge is 0.308 e. The molecule has 4 heterocycles. The van der Waals surface area contributed by atoms with Gasteiger partial charge >= 0.3 is 0 Å². The van der Waals surface area contributed by atoms with Crippen molar-refractivity contribution in [3.05, 3.63) is 94.9 Å². The van der Waals surface area contributed by atoms with E-state index < -0.39 is 0 Å². The molecule has 0 bridgehead atoms. The van der Waals surface area contributed by atoms with Crippen LogP contribution in [0.2, 0.25) is 0 Å². The van der Waals surface area contributed by atoms with Crippen LogP contribution in [0.15, 0.2) is 85.2 Å². The molecule has 0 N–H and O–H groups in total. The highest BCUT2D eigenvalue weighted by atomic mass is 32.1. The van der Waals surface area contributed by atoms with Crippen LogP contribution in [0.25, 0.3) is 53.4 Å². The third-order valence-electron chi connectivity index (χ3n) is 10.9. The summed E-state index contributed by atoms with van der Waals surface area (Å²) in [6, 6.07) is 28.1. The van der Waals surface area contributed by atoms with Crippen molar-refractivity contribution in [1.82, 2.24) is 9.13 Å². The molecule has 7 rings (SSSR count). The van der Waals surface area contributed by atoms with Gasteiger partial charge in [-0.3, -0.25) is 0 Å². The van der Waals surface area contributed by atoms with Crippen molar-refractivity contribution in [1.29, 1.82) is 0 Å². The van der Waals surface area contributed by atoms with Gasteiger partial charge in [0.05, 0.1) is 21.0 Å². The molecule has 0 fully saturated rings. The first-order chi connectivity index (χ1) is 24.7. The Balaban J connectivity index is 1.03. The molecule has 4 aromatic heterocycles. The summed E-state index contributed by atoms with van der Waals surface area (Å²) in [4.78, 5) is 3.02. The van der Waals surface area contributed by atoms with E-state index in [1.165, 1.54) is 179 Å². The summed E-state index contributed by atoms with van der Waals surface area (Å²) >= 11 is 3.92. The second-order valence-corrected chi connectivity index (χ2v) is 16.8. The monoisotopic (exact) mass is 700 g/mol. The molecular formula is C46H56N2S2. The average Bonchev–Trinajstić information content (AvgIpc) is 3.96. The maximum atomic E-state index is 2.40. The molecule has 0 aliphatic carbocycles. The number of fused-ring (bicyclic) bond motifs is 7. The highest BCUT2D eigenvalue weighted by molar-refractivity contribution is 7.14. The molecule has 0 aliphatic heterocycles. The summed E-state index contributed by atoms with van der Waals surface area (Å²) in [5, 5.41) is 10.7. The second kappa shape index (κ2) is 17.2. The first-order valence-corrected chi connectivity index (χ1v) is 21.5. The number of benzene rings is 3. The van der Waals surface area contributed by atoms with E-state index in [9.17, 15) is 0 Å². The Hall–Kier alpha value is -3.34. The number of hydrogen-bond donors (Lipinski definition) is 0. The van der Waals surface area contributed by atoms with E-state index in [0.29, 0.717) is 0 Å². The van der Waals surface area contributed by atoms with E-state index >= 15 is 0 Å². The predicted molar refractivity (Wildman–Crippen MR) is 224 cm³/mol. The molecule has 262 valence electrons. The fourth-order valence-electron chi connectivity index (χ4n) is 7.99. The molecule has 3 aromatic carbocycles. The van der Waals surface area contributed by atoms with Crippen LogP contribution in [0, 0.1) is 0 Å². The van der Waals surface area contributed by atoms with Gasteiger partial charge in [-0.25, -0.2) is 0 Å². The molecule has 0 spiro atoms. The van der Waals surface area contributed by atoms with Gasteiger partial charge < -0.3 is 9.13 Å². The maximum absolute atomic E-state index is 2.40. The quantitative estimate of drug-likeness (QED) is 0.0553. The zero-order valence-corrected chi connectivity index (χ0v) is 32.2. The Labute approximate surface area is 308 Å². The Morgan fingerprint density at radius 2 is 0.720 bits per heavy atom. The Morgan fingerprint density at radius 1 is 0.360 bits per heavy atom. The van der Waals surface area contributed by atoms with Crippen molar-refractivity contribution in [3.63, 3.8) is 0 Å². The first-order valence-electron chi connectivity index (χ1n) is 19.9. The Bertz CT molecular complexity index is 1970. The fourth-order valence-corrected chi connectivity index (χ4v) is 10.1. The van der Waals surface area contributed by atoms with Crippen LogP contribution in [0.1, 0.15) is 126 Å². The fraction of sp³-hybridized carbons (Fsp3) is 0.435. The average molecular weight is 701 g/mol. The van der Waals surface area contributed by atoms with Gasteiger partial charge in [-0.1, -0.05) is 128 Å². The molecule has 0 unspecified atom stereocenters. The zero-order valence-electron chi connectivity index (χ0n) is 30.5. The van der Waals surface area contributed by atoms with Crippen molar-refractivity contribution >= 4 is 66.0 Å². The number of thiophene rings is 2. The van der Waals surface area contributed by atoms with Crippen molar-refractivity contribution in [2.45, 2.75) is 129 Å². The van der Waals surface area contributed by atoms with E-state index in [-0.39, 0.29) is 0 Å². The summed E-state index contributed by atoms with van der Waals surface area (Å²) in [7, 11) is 0. The third kappa shape index (κ3) is 7.92. The lowest BCUT2D eigenvalue weighted by atomic mass is 9.98. The number of aryl methyl sites for hydroxylation is 2. The van der Waals surface area contributed by atoms with Crippen molar-refractivity contribution in [2.75, 3.05) is 0 Å². The van der Waals surface area contributed by atoms with Crippen LogP contribution >= 0.6 is 22.7 Å². The highest BCUT2D eigenvalue weighted by Crippen LogP contribution is 2.38. The smallest absolute Gasteiger partial charge is 0.0997 e. The normalized spacial score (nSPS) is 12.0. The minimum Gasteiger partial charge on any atom is -0.308 e. The van der Waals surface area contributed by atoms with Crippen molar-refractivity contribution in [3.8, 4) is 10.0 Å². The summed E-state index contributed by atoms with van der Waals surface area (Å²) in [6.45, 7) is 4.59. The summed E-state index contributed by atoms with van der Waals surface area (Å²) < 4.78 is 4.79. The van der Waals surface area contributed by atoms with Crippen LogP contribution in [-0.4, -0.2) is 9.13 Å². The van der Waals surface area contributed by atoms with Crippen molar-refractivity contribution in [2.24, 2.45) is 0 Å². The molecule has 2 nitrogen and oxygen atoms in total. The lowest BCUT2D eigenvalue weighted by molar-refractivity contribution is 0.576.